The van der Waals surface area contributed by atoms with Crippen molar-refractivity contribution >= 4 is 20.2 Å². The highest BCUT2D eigenvalue weighted by molar-refractivity contribution is 7.87. The van der Waals surface area contributed by atoms with E-state index in [1.807, 2.05) is 45.0 Å². The largest absolute Gasteiger partial charge is 0.496 e. The summed E-state index contributed by atoms with van der Waals surface area (Å²) in [6, 6.07) is 30.9. The Bertz CT molecular complexity index is 2030. The number of para-hydroxylation sites is 4. The number of ether oxygens (including phenoxy) is 5. The molecule has 0 unspecified atom stereocenters. The lowest BCUT2D eigenvalue weighted by atomic mass is 10.1. The molecule has 280 valence electrons. The summed E-state index contributed by atoms with van der Waals surface area (Å²) in [5.74, 6) is 2.34. The van der Waals surface area contributed by atoms with E-state index in [1.165, 1.54) is 24.3 Å². The summed E-state index contributed by atoms with van der Waals surface area (Å²) in [5, 5.41) is 0. The van der Waals surface area contributed by atoms with E-state index in [0.717, 1.165) is 27.8 Å². The van der Waals surface area contributed by atoms with Gasteiger partial charge in [-0.1, -0.05) is 65.2 Å². The molecule has 11 nitrogen and oxygen atoms in total. The van der Waals surface area contributed by atoms with Gasteiger partial charge in [0.1, 0.15) is 45.4 Å². The second-order valence-corrected chi connectivity index (χ2v) is 15.2. The smallest absolute Gasteiger partial charge is 0.297 e. The van der Waals surface area contributed by atoms with E-state index in [0.29, 0.717) is 28.7 Å². The van der Waals surface area contributed by atoms with Crippen LogP contribution in [0.1, 0.15) is 27.8 Å². The Kier molecular flexibility index (Phi) is 13.4. The van der Waals surface area contributed by atoms with Crippen LogP contribution >= 0.6 is 0 Å². The van der Waals surface area contributed by atoms with E-state index in [4.69, 9.17) is 32.1 Å². The van der Waals surface area contributed by atoms with Crippen molar-refractivity contribution in [1.29, 1.82) is 0 Å². The van der Waals surface area contributed by atoms with Gasteiger partial charge in [0.2, 0.25) is 0 Å². The molecule has 0 bridgehead atoms. The Balaban J connectivity index is 1.17. The van der Waals surface area contributed by atoms with Crippen molar-refractivity contribution in [3.63, 3.8) is 0 Å². The van der Waals surface area contributed by atoms with Gasteiger partial charge in [0.05, 0.1) is 16.9 Å². The van der Waals surface area contributed by atoms with Crippen LogP contribution in [-0.4, -0.2) is 50.4 Å². The third kappa shape index (κ3) is 11.0. The number of hydrogen-bond donors (Lipinski definition) is 0. The van der Waals surface area contributed by atoms with Crippen molar-refractivity contribution in [1.82, 2.24) is 0 Å². The van der Waals surface area contributed by atoms with Crippen molar-refractivity contribution in [2.75, 3.05) is 33.5 Å². The lowest BCUT2D eigenvalue weighted by Crippen LogP contribution is -2.13. The van der Waals surface area contributed by atoms with Gasteiger partial charge in [-0.05, 0) is 81.4 Å². The van der Waals surface area contributed by atoms with Gasteiger partial charge < -0.3 is 23.7 Å². The molecule has 5 aromatic rings. The molecule has 0 radical (unpaired) electrons. The van der Waals surface area contributed by atoms with Crippen LogP contribution in [0.3, 0.4) is 0 Å². The molecule has 0 aliphatic heterocycles. The van der Waals surface area contributed by atoms with Crippen LogP contribution in [0.2, 0.25) is 0 Å². The van der Waals surface area contributed by atoms with Crippen LogP contribution in [-0.2, 0) is 41.8 Å². The Morgan fingerprint density at radius 1 is 0.453 bits per heavy atom. The molecule has 53 heavy (non-hydrogen) atoms. The molecule has 0 fully saturated rings. The molecular formula is C40H42O11S2. The second kappa shape index (κ2) is 18.1. The lowest BCUT2D eigenvalue weighted by molar-refractivity contribution is 0.207. The molecule has 0 aliphatic carbocycles. The Morgan fingerprint density at radius 3 is 1.17 bits per heavy atom. The highest BCUT2D eigenvalue weighted by atomic mass is 32.2. The van der Waals surface area contributed by atoms with Crippen molar-refractivity contribution in [2.45, 2.75) is 43.8 Å². The molecule has 0 saturated heterocycles. The summed E-state index contributed by atoms with van der Waals surface area (Å²) in [4.78, 5) is 0.159. The molecule has 5 aromatic carbocycles. The van der Waals surface area contributed by atoms with Crippen molar-refractivity contribution in [3.05, 3.63) is 137 Å². The number of hydrogen-bond acceptors (Lipinski definition) is 11. The topological polar surface area (TPSA) is 133 Å². The summed E-state index contributed by atoms with van der Waals surface area (Å²) in [6.45, 7) is 5.57. The molecule has 5 rings (SSSR count). The lowest BCUT2D eigenvalue weighted by Gasteiger charge is -2.18. The molecule has 13 heteroatoms. The minimum atomic E-state index is -3.92. The van der Waals surface area contributed by atoms with Gasteiger partial charge in [-0.3, -0.25) is 8.37 Å². The average Bonchev–Trinajstić information content (AvgIpc) is 3.14. The number of aryl methyl sites for hydroxylation is 3. The van der Waals surface area contributed by atoms with E-state index in [9.17, 15) is 16.8 Å². The molecule has 0 atom stereocenters. The van der Waals surface area contributed by atoms with E-state index < -0.39 is 20.2 Å². The third-order valence-corrected chi connectivity index (χ3v) is 10.5. The minimum Gasteiger partial charge on any atom is -0.496 e. The highest BCUT2D eigenvalue weighted by Gasteiger charge is 2.18. The second-order valence-electron chi connectivity index (χ2n) is 12.0. The van der Waals surface area contributed by atoms with Gasteiger partial charge in [0.15, 0.2) is 23.0 Å². The average molecular weight is 763 g/mol. The first-order valence-electron chi connectivity index (χ1n) is 16.7. The fourth-order valence-corrected chi connectivity index (χ4v) is 7.02. The summed E-state index contributed by atoms with van der Waals surface area (Å²) < 4.78 is 90.2. The van der Waals surface area contributed by atoms with Crippen LogP contribution in [0.25, 0.3) is 0 Å². The van der Waals surface area contributed by atoms with E-state index in [1.54, 1.807) is 67.8 Å². The Labute approximate surface area is 311 Å². The first-order chi connectivity index (χ1) is 25.4. The van der Waals surface area contributed by atoms with Crippen molar-refractivity contribution in [3.8, 4) is 28.7 Å². The molecule has 0 N–H and O–H groups in total. The minimum absolute atomic E-state index is 0.0224. The maximum atomic E-state index is 12.5. The number of methoxy groups -OCH3 is 1. The van der Waals surface area contributed by atoms with Crippen molar-refractivity contribution < 1.29 is 48.9 Å². The Morgan fingerprint density at radius 2 is 0.811 bits per heavy atom. The fourth-order valence-electron chi connectivity index (χ4n) is 5.23. The van der Waals surface area contributed by atoms with Crippen molar-refractivity contribution in [2.24, 2.45) is 0 Å². The summed E-state index contributed by atoms with van der Waals surface area (Å²) in [6.07, 6.45) is 0. The first-order valence-corrected chi connectivity index (χ1v) is 19.5. The Hall–Kier alpha value is -5.08. The van der Waals surface area contributed by atoms with Gasteiger partial charge >= 0.3 is 0 Å². The van der Waals surface area contributed by atoms with E-state index >= 15 is 0 Å². The van der Waals surface area contributed by atoms with Gasteiger partial charge in [-0.15, -0.1) is 0 Å². The fraction of sp³-hybridized carbons (Fsp3) is 0.250. The summed E-state index contributed by atoms with van der Waals surface area (Å²) in [5.41, 5.74) is 4.38. The third-order valence-electron chi connectivity index (χ3n) is 7.83. The standard InChI is InChI=1S/C40H42O11S2/c1-29-13-17-34(18-14-29)52(41,42)50-23-21-46-36-9-5-7-11-38(36)48-27-32-25-31(3)26-33(40(32)45-4)28-49-39-12-8-6-10-37(39)47-22-24-51-53(43,44)35-19-15-30(2)16-20-35/h5-20,25-26H,21-24,27-28H2,1-4H3. The van der Waals surface area contributed by atoms with E-state index in [2.05, 4.69) is 0 Å². The molecular weight excluding hydrogens is 721 g/mol. The predicted molar refractivity (Wildman–Crippen MR) is 199 cm³/mol. The van der Waals surface area contributed by atoms with Crippen LogP contribution in [0.15, 0.2) is 119 Å². The molecule has 0 aromatic heterocycles. The van der Waals surface area contributed by atoms with E-state index in [-0.39, 0.29) is 49.4 Å². The summed E-state index contributed by atoms with van der Waals surface area (Å²) in [7, 11) is -6.26. The highest BCUT2D eigenvalue weighted by Crippen LogP contribution is 2.33. The summed E-state index contributed by atoms with van der Waals surface area (Å²) >= 11 is 0. The predicted octanol–water partition coefficient (Wildman–Crippen LogP) is 7.35. The van der Waals surface area contributed by atoms with Gasteiger partial charge in [0.25, 0.3) is 20.2 Å². The van der Waals surface area contributed by atoms with Crippen LogP contribution in [0.5, 0.6) is 28.7 Å². The molecule has 0 heterocycles. The maximum Gasteiger partial charge on any atom is 0.297 e. The number of benzene rings is 5. The molecule has 0 aliphatic rings. The molecule has 0 amide bonds. The van der Waals surface area contributed by atoms with Gasteiger partial charge in [-0.25, -0.2) is 0 Å². The maximum absolute atomic E-state index is 12.5. The van der Waals surface area contributed by atoms with Gasteiger partial charge in [0, 0.05) is 11.1 Å². The SMILES string of the molecule is COc1c(COc2ccccc2OCCOS(=O)(=O)c2ccc(C)cc2)cc(C)cc1COc1ccccc1OCCOS(=O)(=O)c1ccc(C)cc1. The zero-order valence-electron chi connectivity index (χ0n) is 29.9. The zero-order valence-corrected chi connectivity index (χ0v) is 31.6. The number of rotatable bonds is 19. The zero-order chi connectivity index (χ0) is 37.8. The molecule has 0 spiro atoms. The molecule has 0 saturated carbocycles. The van der Waals surface area contributed by atoms with Gasteiger partial charge in [-0.2, -0.15) is 16.8 Å². The monoisotopic (exact) mass is 762 g/mol. The quantitative estimate of drug-likeness (QED) is 0.0618. The van der Waals surface area contributed by atoms with Crippen LogP contribution < -0.4 is 23.7 Å². The van der Waals surface area contributed by atoms with Crippen LogP contribution in [0, 0.1) is 20.8 Å². The normalized spacial score (nSPS) is 11.5. The first kappa shape index (κ1) is 39.1. The van der Waals surface area contributed by atoms with Crippen LogP contribution in [0.4, 0.5) is 0 Å².